The molecule has 2 fully saturated rings. The van der Waals surface area contributed by atoms with Crippen molar-refractivity contribution < 1.29 is 14.4 Å². The molecule has 2 aliphatic heterocycles. The molecule has 0 saturated carbocycles. The Kier molecular flexibility index (Phi) is 5.76. The SMILES string of the molecule is O=C1CCC(C(=O)N2CSCC2C(=O)NCc2ccc(Cl)c(Cl)c2)N1. The fourth-order valence-electron chi connectivity index (χ4n) is 2.83. The fourth-order valence-corrected chi connectivity index (χ4v) is 4.32. The molecule has 25 heavy (non-hydrogen) atoms. The first-order valence-electron chi connectivity index (χ1n) is 7.85. The highest BCUT2D eigenvalue weighted by Crippen LogP contribution is 2.25. The van der Waals surface area contributed by atoms with Gasteiger partial charge in [0.1, 0.15) is 12.1 Å². The third-order valence-corrected chi connectivity index (χ3v) is 5.96. The molecule has 9 heteroatoms. The lowest BCUT2D eigenvalue weighted by molar-refractivity contribution is -0.139. The number of nitrogens with zero attached hydrogens (tertiary/aromatic N) is 1. The molecule has 134 valence electrons. The van der Waals surface area contributed by atoms with Crippen molar-refractivity contribution in [1.82, 2.24) is 15.5 Å². The van der Waals surface area contributed by atoms with Crippen molar-refractivity contribution in [2.24, 2.45) is 0 Å². The number of hydrogen-bond acceptors (Lipinski definition) is 4. The molecule has 2 heterocycles. The van der Waals surface area contributed by atoms with Crippen molar-refractivity contribution in [3.05, 3.63) is 33.8 Å². The molecule has 2 aliphatic rings. The van der Waals surface area contributed by atoms with E-state index in [1.54, 1.807) is 23.1 Å². The van der Waals surface area contributed by atoms with E-state index < -0.39 is 12.1 Å². The molecule has 0 aromatic heterocycles. The van der Waals surface area contributed by atoms with E-state index in [1.807, 2.05) is 0 Å². The van der Waals surface area contributed by atoms with Crippen LogP contribution in [0, 0.1) is 0 Å². The zero-order valence-electron chi connectivity index (χ0n) is 13.3. The monoisotopic (exact) mass is 401 g/mol. The largest absolute Gasteiger partial charge is 0.350 e. The number of benzene rings is 1. The second kappa shape index (κ2) is 7.85. The first kappa shape index (κ1) is 18.4. The molecule has 2 saturated heterocycles. The molecule has 2 unspecified atom stereocenters. The Morgan fingerprint density at radius 3 is 2.80 bits per heavy atom. The van der Waals surface area contributed by atoms with Gasteiger partial charge in [-0.1, -0.05) is 29.3 Å². The third kappa shape index (κ3) is 4.22. The summed E-state index contributed by atoms with van der Waals surface area (Å²) >= 11 is 13.4. The van der Waals surface area contributed by atoms with Crippen LogP contribution in [0.1, 0.15) is 18.4 Å². The highest BCUT2D eigenvalue weighted by molar-refractivity contribution is 7.99. The summed E-state index contributed by atoms with van der Waals surface area (Å²) in [5.41, 5.74) is 0.828. The van der Waals surface area contributed by atoms with Gasteiger partial charge in [0.2, 0.25) is 17.7 Å². The van der Waals surface area contributed by atoms with E-state index in [1.165, 1.54) is 11.8 Å². The number of thioether (sulfide) groups is 1. The van der Waals surface area contributed by atoms with Gasteiger partial charge in [-0.2, -0.15) is 0 Å². The van der Waals surface area contributed by atoms with E-state index in [9.17, 15) is 14.4 Å². The van der Waals surface area contributed by atoms with Crippen LogP contribution in [0.25, 0.3) is 0 Å². The second-order valence-electron chi connectivity index (χ2n) is 5.95. The van der Waals surface area contributed by atoms with Crippen LogP contribution in [0.4, 0.5) is 0 Å². The number of amides is 3. The van der Waals surface area contributed by atoms with E-state index >= 15 is 0 Å². The summed E-state index contributed by atoms with van der Waals surface area (Å²) in [6.07, 6.45) is 0.835. The summed E-state index contributed by atoms with van der Waals surface area (Å²) in [7, 11) is 0. The van der Waals surface area contributed by atoms with Crippen molar-refractivity contribution in [3.8, 4) is 0 Å². The minimum Gasteiger partial charge on any atom is -0.350 e. The lowest BCUT2D eigenvalue weighted by atomic mass is 10.1. The maximum absolute atomic E-state index is 12.6. The van der Waals surface area contributed by atoms with Crippen molar-refractivity contribution in [3.63, 3.8) is 0 Å². The van der Waals surface area contributed by atoms with Gasteiger partial charge in [-0.25, -0.2) is 0 Å². The van der Waals surface area contributed by atoms with Crippen LogP contribution in [-0.4, -0.2) is 46.3 Å². The molecule has 1 aromatic rings. The summed E-state index contributed by atoms with van der Waals surface area (Å²) in [6, 6.07) is 4.11. The van der Waals surface area contributed by atoms with E-state index in [2.05, 4.69) is 10.6 Å². The minimum absolute atomic E-state index is 0.120. The molecule has 0 bridgehead atoms. The predicted molar refractivity (Wildman–Crippen MR) is 97.4 cm³/mol. The zero-order valence-corrected chi connectivity index (χ0v) is 15.6. The third-order valence-electron chi connectivity index (χ3n) is 4.21. The van der Waals surface area contributed by atoms with Gasteiger partial charge in [-0.3, -0.25) is 14.4 Å². The molecular weight excluding hydrogens is 385 g/mol. The molecule has 2 N–H and O–H groups in total. The Bertz CT molecular complexity index is 716. The number of nitrogens with one attached hydrogen (secondary N) is 2. The fraction of sp³-hybridized carbons (Fsp3) is 0.438. The van der Waals surface area contributed by atoms with Crippen molar-refractivity contribution >= 4 is 52.7 Å². The van der Waals surface area contributed by atoms with Crippen LogP contribution < -0.4 is 10.6 Å². The molecule has 0 spiro atoms. The molecule has 1 aromatic carbocycles. The topological polar surface area (TPSA) is 78.5 Å². The van der Waals surface area contributed by atoms with Crippen molar-refractivity contribution in [1.29, 1.82) is 0 Å². The van der Waals surface area contributed by atoms with Gasteiger partial charge in [0.25, 0.3) is 0 Å². The molecule has 6 nitrogen and oxygen atoms in total. The van der Waals surface area contributed by atoms with Gasteiger partial charge in [0, 0.05) is 18.7 Å². The van der Waals surface area contributed by atoms with Crippen LogP contribution in [0.15, 0.2) is 18.2 Å². The van der Waals surface area contributed by atoms with Crippen molar-refractivity contribution in [2.45, 2.75) is 31.5 Å². The Morgan fingerprint density at radius 1 is 1.32 bits per heavy atom. The first-order valence-corrected chi connectivity index (χ1v) is 9.76. The smallest absolute Gasteiger partial charge is 0.246 e. The number of carbonyl (C=O) groups excluding carboxylic acids is 3. The maximum atomic E-state index is 12.6. The van der Waals surface area contributed by atoms with Gasteiger partial charge in [0.15, 0.2) is 0 Å². The number of carbonyl (C=O) groups is 3. The van der Waals surface area contributed by atoms with E-state index in [-0.39, 0.29) is 17.7 Å². The Balaban J connectivity index is 1.59. The summed E-state index contributed by atoms with van der Waals surface area (Å²) in [4.78, 5) is 37.9. The first-order chi connectivity index (χ1) is 12.0. The average molecular weight is 402 g/mol. The summed E-state index contributed by atoms with van der Waals surface area (Å²) < 4.78 is 0. The van der Waals surface area contributed by atoms with Crippen LogP contribution in [-0.2, 0) is 20.9 Å². The second-order valence-corrected chi connectivity index (χ2v) is 7.76. The lowest BCUT2D eigenvalue weighted by Crippen LogP contribution is -2.52. The molecular formula is C16H17Cl2N3O3S. The van der Waals surface area contributed by atoms with Gasteiger partial charge in [0.05, 0.1) is 15.9 Å². The Labute approximate surface area is 159 Å². The Morgan fingerprint density at radius 2 is 2.12 bits per heavy atom. The maximum Gasteiger partial charge on any atom is 0.246 e. The Hall–Kier alpha value is -1.44. The number of halogens is 2. The van der Waals surface area contributed by atoms with Gasteiger partial charge in [-0.15, -0.1) is 11.8 Å². The molecule has 3 rings (SSSR count). The van der Waals surface area contributed by atoms with E-state index in [4.69, 9.17) is 23.2 Å². The lowest BCUT2D eigenvalue weighted by Gasteiger charge is -2.25. The standard InChI is InChI=1S/C16H17Cl2N3O3S/c17-10-2-1-9(5-11(10)18)6-19-15(23)13-7-25-8-21(13)16(24)12-3-4-14(22)20-12/h1-2,5,12-13H,3-4,6-8H2,(H,19,23)(H,20,22). The molecule has 2 atom stereocenters. The zero-order chi connectivity index (χ0) is 18.0. The predicted octanol–water partition coefficient (Wildman–Crippen LogP) is 1.79. The van der Waals surface area contributed by atoms with Gasteiger partial charge < -0.3 is 15.5 Å². The summed E-state index contributed by atoms with van der Waals surface area (Å²) in [5.74, 6) is 0.473. The van der Waals surface area contributed by atoms with Crippen LogP contribution in [0.3, 0.4) is 0 Å². The quantitative estimate of drug-likeness (QED) is 0.805. The van der Waals surface area contributed by atoms with Gasteiger partial charge >= 0.3 is 0 Å². The van der Waals surface area contributed by atoms with E-state index in [0.29, 0.717) is 41.1 Å². The van der Waals surface area contributed by atoms with Crippen LogP contribution in [0.5, 0.6) is 0 Å². The highest BCUT2D eigenvalue weighted by atomic mass is 35.5. The number of hydrogen-bond donors (Lipinski definition) is 2. The van der Waals surface area contributed by atoms with Crippen LogP contribution >= 0.6 is 35.0 Å². The van der Waals surface area contributed by atoms with Crippen molar-refractivity contribution in [2.75, 3.05) is 11.6 Å². The minimum atomic E-state index is -0.530. The van der Waals surface area contributed by atoms with Gasteiger partial charge in [-0.05, 0) is 24.1 Å². The van der Waals surface area contributed by atoms with Crippen LogP contribution in [0.2, 0.25) is 10.0 Å². The summed E-state index contributed by atoms with van der Waals surface area (Å²) in [5, 5.41) is 6.38. The molecule has 0 aliphatic carbocycles. The normalized spacial score (nSPS) is 22.8. The molecule has 0 radical (unpaired) electrons. The molecule has 3 amide bonds. The average Bonchev–Trinajstić information content (AvgIpc) is 3.24. The summed E-state index contributed by atoms with van der Waals surface area (Å²) in [6.45, 7) is 0.305. The van der Waals surface area contributed by atoms with E-state index in [0.717, 1.165) is 5.56 Å². The highest BCUT2D eigenvalue weighted by Gasteiger charge is 2.39. The number of rotatable bonds is 4.